The molecule has 1 aliphatic rings. The molecule has 0 aliphatic carbocycles. The van der Waals surface area contributed by atoms with Gasteiger partial charge in [0.1, 0.15) is 5.69 Å². The van der Waals surface area contributed by atoms with E-state index in [-0.39, 0.29) is 22.3 Å². The van der Waals surface area contributed by atoms with Crippen molar-refractivity contribution in [2.45, 2.75) is 25.9 Å². The average Bonchev–Trinajstić information content (AvgIpc) is 2.63. The fourth-order valence-corrected chi connectivity index (χ4v) is 3.12. The lowest BCUT2D eigenvalue weighted by Crippen LogP contribution is -2.38. The third kappa shape index (κ3) is 4.71. The maximum atomic E-state index is 12.9. The Morgan fingerprint density at radius 3 is 2.59 bits per heavy atom. The van der Waals surface area contributed by atoms with E-state index in [1.807, 2.05) is 0 Å². The minimum atomic E-state index is -4.47. The highest BCUT2D eigenvalue weighted by atomic mass is 35.5. The first-order valence-corrected chi connectivity index (χ1v) is 9.01. The number of carbonyl (C=O) groups excluding carboxylic acids is 1. The summed E-state index contributed by atoms with van der Waals surface area (Å²) in [6, 6.07) is 6.15. The first-order valence-electron chi connectivity index (χ1n) is 8.63. The van der Waals surface area contributed by atoms with E-state index in [0.717, 1.165) is 25.0 Å². The number of benzene rings is 1. The lowest BCUT2D eigenvalue weighted by molar-refractivity contribution is -0.137. The van der Waals surface area contributed by atoms with Gasteiger partial charge in [0.15, 0.2) is 0 Å². The maximum absolute atomic E-state index is 12.9. The van der Waals surface area contributed by atoms with E-state index in [1.54, 1.807) is 11.0 Å². The Morgan fingerprint density at radius 1 is 1.22 bits per heavy atom. The molecule has 1 aliphatic heterocycles. The number of aromatic nitrogens is 1. The molecule has 2 aromatic rings. The van der Waals surface area contributed by atoms with Gasteiger partial charge in [-0.25, -0.2) is 0 Å². The van der Waals surface area contributed by atoms with Gasteiger partial charge in [-0.05, 0) is 49.1 Å². The summed E-state index contributed by atoms with van der Waals surface area (Å²) in [4.78, 5) is 18.5. The van der Waals surface area contributed by atoms with Gasteiger partial charge in [-0.2, -0.15) is 13.2 Å². The van der Waals surface area contributed by atoms with Crippen LogP contribution in [0.3, 0.4) is 0 Å². The zero-order valence-corrected chi connectivity index (χ0v) is 15.4. The lowest BCUT2D eigenvalue weighted by Gasteiger charge is -2.30. The van der Waals surface area contributed by atoms with E-state index >= 15 is 0 Å². The summed E-state index contributed by atoms with van der Waals surface area (Å²) in [6.45, 7) is 3.51. The molecule has 1 aromatic carbocycles. The highest BCUT2D eigenvalue weighted by Crippen LogP contribution is 2.35. The van der Waals surface area contributed by atoms with Crippen LogP contribution in [0, 0.1) is 5.92 Å². The minimum absolute atomic E-state index is 0.114. The van der Waals surface area contributed by atoms with Crippen LogP contribution in [-0.2, 0) is 6.18 Å². The van der Waals surface area contributed by atoms with Gasteiger partial charge in [0.2, 0.25) is 0 Å². The Bertz CT molecular complexity index is 833. The SMILES string of the molecule is CC1CCN(C(=O)c2cc(Nc3cc(C(F)(F)F)ccc3Cl)ccn2)CC1. The molecule has 1 aromatic heterocycles. The summed E-state index contributed by atoms with van der Waals surface area (Å²) >= 11 is 6.01. The average molecular weight is 398 g/mol. The van der Waals surface area contributed by atoms with E-state index in [1.165, 1.54) is 18.3 Å². The molecule has 144 valence electrons. The molecule has 0 atom stereocenters. The van der Waals surface area contributed by atoms with E-state index in [2.05, 4.69) is 17.2 Å². The quantitative estimate of drug-likeness (QED) is 0.757. The van der Waals surface area contributed by atoms with Crippen LogP contribution in [0.25, 0.3) is 0 Å². The Morgan fingerprint density at radius 2 is 1.93 bits per heavy atom. The normalized spacial score (nSPS) is 15.7. The summed E-state index contributed by atoms with van der Waals surface area (Å²) in [6.07, 6.45) is -1.12. The monoisotopic (exact) mass is 397 g/mol. The minimum Gasteiger partial charge on any atom is -0.354 e. The number of hydrogen-bond acceptors (Lipinski definition) is 3. The Balaban J connectivity index is 1.79. The molecule has 1 fully saturated rings. The van der Waals surface area contributed by atoms with Crippen molar-refractivity contribution in [2.24, 2.45) is 5.92 Å². The number of anilines is 2. The number of halogens is 4. The largest absolute Gasteiger partial charge is 0.416 e. The number of pyridine rings is 1. The molecule has 27 heavy (non-hydrogen) atoms. The third-order valence-electron chi connectivity index (χ3n) is 4.62. The fraction of sp³-hybridized carbons (Fsp3) is 0.368. The maximum Gasteiger partial charge on any atom is 0.416 e. The standard InChI is InChI=1S/C19H19ClF3N3O/c1-12-5-8-26(9-6-12)18(27)17-11-14(4-7-24-17)25-16-10-13(19(21,22)23)2-3-15(16)20/h2-4,7,10-12H,5-6,8-9H2,1H3,(H,24,25). The number of carbonyl (C=O) groups is 1. The molecule has 0 unspecified atom stereocenters. The Hall–Kier alpha value is -2.28. The second kappa shape index (κ2) is 7.76. The summed E-state index contributed by atoms with van der Waals surface area (Å²) in [5, 5.41) is 3.00. The Labute approximate surface area is 160 Å². The van der Waals surface area contributed by atoms with E-state index in [4.69, 9.17) is 11.6 Å². The van der Waals surface area contributed by atoms with Gasteiger partial charge in [0.05, 0.1) is 16.3 Å². The van der Waals surface area contributed by atoms with Crippen LogP contribution in [0.4, 0.5) is 24.5 Å². The number of nitrogens with zero attached hydrogens (tertiary/aromatic N) is 2. The second-order valence-electron chi connectivity index (χ2n) is 6.72. The molecule has 1 saturated heterocycles. The highest BCUT2D eigenvalue weighted by molar-refractivity contribution is 6.33. The predicted octanol–water partition coefficient (Wildman–Crippen LogP) is 5.37. The molecular formula is C19H19ClF3N3O. The van der Waals surface area contributed by atoms with Gasteiger partial charge in [-0.15, -0.1) is 0 Å². The molecule has 0 saturated carbocycles. The number of nitrogens with one attached hydrogen (secondary N) is 1. The molecule has 3 rings (SSSR count). The summed E-state index contributed by atoms with van der Waals surface area (Å²) in [5.41, 5.74) is 0.00249. The van der Waals surface area contributed by atoms with Crippen LogP contribution < -0.4 is 5.32 Å². The Kier molecular flexibility index (Phi) is 5.60. The van der Waals surface area contributed by atoms with E-state index in [9.17, 15) is 18.0 Å². The predicted molar refractivity (Wildman–Crippen MR) is 98.3 cm³/mol. The highest BCUT2D eigenvalue weighted by Gasteiger charge is 2.31. The summed E-state index contributed by atoms with van der Waals surface area (Å²) < 4.78 is 38.7. The van der Waals surface area contributed by atoms with Crippen molar-refractivity contribution in [3.63, 3.8) is 0 Å². The topological polar surface area (TPSA) is 45.2 Å². The van der Waals surface area contributed by atoms with Crippen LogP contribution >= 0.6 is 11.6 Å². The molecule has 0 spiro atoms. The van der Waals surface area contributed by atoms with Crippen LogP contribution in [-0.4, -0.2) is 28.9 Å². The van der Waals surface area contributed by atoms with Crippen molar-refractivity contribution in [1.29, 1.82) is 0 Å². The molecule has 0 bridgehead atoms. The first-order chi connectivity index (χ1) is 12.7. The van der Waals surface area contributed by atoms with Crippen molar-refractivity contribution in [1.82, 2.24) is 9.88 Å². The van der Waals surface area contributed by atoms with Gasteiger partial charge in [0.25, 0.3) is 5.91 Å². The summed E-state index contributed by atoms with van der Waals surface area (Å²) in [7, 11) is 0. The molecule has 1 N–H and O–H groups in total. The van der Waals surface area contributed by atoms with Crippen LogP contribution in [0.15, 0.2) is 36.5 Å². The van der Waals surface area contributed by atoms with Crippen molar-refractivity contribution < 1.29 is 18.0 Å². The number of alkyl halides is 3. The van der Waals surface area contributed by atoms with Gasteiger partial charge in [0, 0.05) is 25.0 Å². The van der Waals surface area contributed by atoms with Crippen molar-refractivity contribution in [2.75, 3.05) is 18.4 Å². The van der Waals surface area contributed by atoms with Crippen LogP contribution in [0.5, 0.6) is 0 Å². The van der Waals surface area contributed by atoms with Gasteiger partial charge < -0.3 is 10.2 Å². The van der Waals surface area contributed by atoms with Crippen molar-refractivity contribution in [3.8, 4) is 0 Å². The van der Waals surface area contributed by atoms with Gasteiger partial charge in [-0.3, -0.25) is 9.78 Å². The molecule has 8 heteroatoms. The van der Waals surface area contributed by atoms with E-state index in [0.29, 0.717) is 24.7 Å². The number of hydrogen-bond donors (Lipinski definition) is 1. The molecule has 4 nitrogen and oxygen atoms in total. The van der Waals surface area contributed by atoms with Gasteiger partial charge in [-0.1, -0.05) is 18.5 Å². The molecule has 0 radical (unpaired) electrons. The van der Waals surface area contributed by atoms with Crippen molar-refractivity contribution >= 4 is 28.9 Å². The van der Waals surface area contributed by atoms with Crippen molar-refractivity contribution in [3.05, 3.63) is 52.8 Å². The number of rotatable bonds is 3. The van der Waals surface area contributed by atoms with Crippen LogP contribution in [0.1, 0.15) is 35.8 Å². The fourth-order valence-electron chi connectivity index (χ4n) is 2.95. The number of amides is 1. The van der Waals surface area contributed by atoms with Crippen LogP contribution in [0.2, 0.25) is 5.02 Å². The zero-order valence-electron chi connectivity index (χ0n) is 14.7. The number of piperidine rings is 1. The zero-order chi connectivity index (χ0) is 19.6. The van der Waals surface area contributed by atoms with Gasteiger partial charge >= 0.3 is 6.18 Å². The smallest absolute Gasteiger partial charge is 0.354 e. The second-order valence-corrected chi connectivity index (χ2v) is 7.13. The molecule has 2 heterocycles. The molecular weight excluding hydrogens is 379 g/mol. The third-order valence-corrected chi connectivity index (χ3v) is 4.95. The van der Waals surface area contributed by atoms with E-state index < -0.39 is 11.7 Å². The number of likely N-dealkylation sites (tertiary alicyclic amines) is 1. The lowest BCUT2D eigenvalue weighted by atomic mass is 9.99. The first kappa shape index (κ1) is 19.5. The molecule has 1 amide bonds. The summed E-state index contributed by atoms with van der Waals surface area (Å²) in [5.74, 6) is 0.416.